The van der Waals surface area contributed by atoms with Crippen LogP contribution in [0.5, 0.6) is 0 Å². The molecular weight excluding hydrogens is 322 g/mol. The first-order valence-electron chi connectivity index (χ1n) is 8.55. The van der Waals surface area contributed by atoms with Crippen molar-refractivity contribution in [2.45, 2.75) is 39.0 Å². The van der Waals surface area contributed by atoms with Crippen LogP contribution in [0.15, 0.2) is 11.6 Å². The van der Waals surface area contributed by atoms with Gasteiger partial charge in [-0.05, 0) is 37.7 Å². The monoisotopic (exact) mass is 343 g/mol. The van der Waals surface area contributed by atoms with Crippen LogP contribution in [-0.2, 0) is 12.8 Å². The van der Waals surface area contributed by atoms with Crippen LogP contribution in [0.4, 0.5) is 0 Å². The molecule has 1 unspecified atom stereocenters. The topological polar surface area (TPSA) is 66.1 Å². The van der Waals surface area contributed by atoms with Gasteiger partial charge in [0.25, 0.3) is 5.91 Å². The lowest BCUT2D eigenvalue weighted by Crippen LogP contribution is -2.29. The second kappa shape index (κ2) is 6.16. The highest BCUT2D eigenvalue weighted by molar-refractivity contribution is 7.09. The quantitative estimate of drug-likeness (QED) is 0.931. The van der Waals surface area contributed by atoms with E-state index in [2.05, 4.69) is 9.97 Å². The third kappa shape index (κ3) is 2.69. The van der Waals surface area contributed by atoms with Crippen LogP contribution in [0.2, 0.25) is 0 Å². The Morgan fingerprint density at radius 3 is 3.08 bits per heavy atom. The summed E-state index contributed by atoms with van der Waals surface area (Å²) >= 11 is 1.68. The Morgan fingerprint density at radius 2 is 2.33 bits per heavy atom. The molecule has 0 radical (unpaired) electrons. The zero-order chi connectivity index (χ0) is 16.7. The lowest BCUT2D eigenvalue weighted by Gasteiger charge is -2.16. The minimum absolute atomic E-state index is 0.0383. The largest absolute Gasteiger partial charge is 0.354 e. The van der Waals surface area contributed by atoms with E-state index in [0.29, 0.717) is 18.0 Å². The number of ketones is 1. The van der Waals surface area contributed by atoms with Crippen molar-refractivity contribution in [2.75, 3.05) is 13.1 Å². The second-order valence-electron chi connectivity index (χ2n) is 6.79. The molecule has 4 rings (SSSR count). The van der Waals surface area contributed by atoms with E-state index in [1.54, 1.807) is 11.3 Å². The highest BCUT2D eigenvalue weighted by Gasteiger charge is 2.32. The number of amides is 1. The third-order valence-corrected chi connectivity index (χ3v) is 5.97. The molecule has 0 spiro atoms. The van der Waals surface area contributed by atoms with E-state index >= 15 is 0 Å². The first-order chi connectivity index (χ1) is 11.6. The summed E-state index contributed by atoms with van der Waals surface area (Å²) in [6.45, 7) is 3.45. The zero-order valence-electron chi connectivity index (χ0n) is 13.8. The van der Waals surface area contributed by atoms with Crippen molar-refractivity contribution in [1.82, 2.24) is 14.9 Å². The maximum Gasteiger partial charge on any atom is 0.270 e. The summed E-state index contributed by atoms with van der Waals surface area (Å²) in [7, 11) is 0. The predicted octanol–water partition coefficient (Wildman–Crippen LogP) is 3.00. The lowest BCUT2D eigenvalue weighted by molar-refractivity contribution is 0.0781. The minimum atomic E-state index is 0.0383. The number of aryl methyl sites for hydroxylation is 1. The molecule has 1 aliphatic carbocycles. The Labute approximate surface area is 145 Å². The summed E-state index contributed by atoms with van der Waals surface area (Å²) in [6, 6.07) is 0. The van der Waals surface area contributed by atoms with Crippen LogP contribution in [0, 0.1) is 12.8 Å². The average molecular weight is 343 g/mol. The van der Waals surface area contributed by atoms with E-state index in [4.69, 9.17) is 0 Å². The van der Waals surface area contributed by atoms with Crippen LogP contribution >= 0.6 is 11.3 Å². The number of nitrogens with one attached hydrogen (secondary N) is 1. The highest BCUT2D eigenvalue weighted by Crippen LogP contribution is 2.29. The molecule has 24 heavy (non-hydrogen) atoms. The van der Waals surface area contributed by atoms with Crippen molar-refractivity contribution in [3.8, 4) is 0 Å². The Bertz CT molecular complexity index is 779. The zero-order valence-corrected chi connectivity index (χ0v) is 14.6. The van der Waals surface area contributed by atoms with Gasteiger partial charge in [-0.15, -0.1) is 11.3 Å². The molecule has 1 amide bonds. The smallest absolute Gasteiger partial charge is 0.270 e. The van der Waals surface area contributed by atoms with E-state index < -0.39 is 0 Å². The van der Waals surface area contributed by atoms with E-state index in [9.17, 15) is 9.59 Å². The normalized spacial score (nSPS) is 20.5. The summed E-state index contributed by atoms with van der Waals surface area (Å²) in [5, 5.41) is 3.14. The first-order valence-corrected chi connectivity index (χ1v) is 9.43. The number of H-pyrrole nitrogens is 1. The van der Waals surface area contributed by atoms with Gasteiger partial charge in [-0.25, -0.2) is 4.98 Å². The number of Topliss-reactive ketones (excluding diaryl/α,β-unsaturated/α-hetero) is 1. The van der Waals surface area contributed by atoms with Crippen LogP contribution in [0.25, 0.3) is 0 Å². The molecule has 1 aliphatic heterocycles. The SMILES string of the molecule is Cc1c(C(=O)N2CCC(Cc3nccs3)C2)[nH]c2c1C(=O)CCC2. The molecule has 1 fully saturated rings. The van der Waals surface area contributed by atoms with Crippen LogP contribution in [0.3, 0.4) is 0 Å². The molecular formula is C18H21N3O2S. The van der Waals surface area contributed by atoms with Gasteiger partial charge < -0.3 is 9.88 Å². The number of thiazole rings is 1. The van der Waals surface area contributed by atoms with E-state index in [1.165, 1.54) is 0 Å². The van der Waals surface area contributed by atoms with E-state index in [1.807, 2.05) is 23.4 Å². The molecule has 1 saturated heterocycles. The Balaban J connectivity index is 1.50. The van der Waals surface area contributed by atoms with Gasteiger partial charge in [0.15, 0.2) is 5.78 Å². The number of fused-ring (bicyclic) bond motifs is 1. The van der Waals surface area contributed by atoms with Crippen molar-refractivity contribution >= 4 is 23.0 Å². The molecule has 1 N–H and O–H groups in total. The summed E-state index contributed by atoms with van der Waals surface area (Å²) in [5.41, 5.74) is 3.17. The fourth-order valence-corrected chi connectivity index (χ4v) is 4.66. The fraction of sp³-hybridized carbons (Fsp3) is 0.500. The third-order valence-electron chi connectivity index (χ3n) is 5.17. The maximum absolute atomic E-state index is 12.9. The van der Waals surface area contributed by atoms with E-state index in [0.717, 1.165) is 60.6 Å². The van der Waals surface area contributed by atoms with Crippen molar-refractivity contribution in [1.29, 1.82) is 0 Å². The van der Waals surface area contributed by atoms with Crippen molar-refractivity contribution in [3.63, 3.8) is 0 Å². The molecule has 2 aliphatic rings. The fourth-order valence-electron chi connectivity index (χ4n) is 3.93. The van der Waals surface area contributed by atoms with Gasteiger partial charge in [-0.1, -0.05) is 0 Å². The Hall–Kier alpha value is -1.95. The van der Waals surface area contributed by atoms with Crippen LogP contribution in [-0.4, -0.2) is 39.6 Å². The van der Waals surface area contributed by atoms with Gasteiger partial charge >= 0.3 is 0 Å². The number of hydrogen-bond acceptors (Lipinski definition) is 4. The predicted molar refractivity (Wildman–Crippen MR) is 92.6 cm³/mol. The Kier molecular flexibility index (Phi) is 4.00. The number of carbonyl (C=O) groups excluding carboxylic acids is 2. The first kappa shape index (κ1) is 15.6. The highest BCUT2D eigenvalue weighted by atomic mass is 32.1. The van der Waals surface area contributed by atoms with Crippen molar-refractivity contribution < 1.29 is 9.59 Å². The van der Waals surface area contributed by atoms with Gasteiger partial charge in [0.1, 0.15) is 5.69 Å². The molecule has 2 aromatic heterocycles. The van der Waals surface area contributed by atoms with Crippen molar-refractivity contribution in [2.24, 2.45) is 5.92 Å². The maximum atomic E-state index is 12.9. The van der Waals surface area contributed by atoms with Gasteiger partial charge in [-0.3, -0.25) is 9.59 Å². The lowest BCUT2D eigenvalue weighted by atomic mass is 9.94. The van der Waals surface area contributed by atoms with Crippen LogP contribution in [0.1, 0.15) is 56.4 Å². The number of nitrogens with zero attached hydrogens (tertiary/aromatic N) is 2. The standard InChI is InChI=1S/C18H21N3O2S/c1-11-16-13(3-2-4-14(16)22)20-17(11)18(23)21-7-5-12(10-21)9-15-19-6-8-24-15/h6,8,12,20H,2-5,7,9-10H2,1H3. The van der Waals surface area contributed by atoms with Crippen molar-refractivity contribution in [3.05, 3.63) is 39.1 Å². The Morgan fingerprint density at radius 1 is 1.46 bits per heavy atom. The van der Waals surface area contributed by atoms with Gasteiger partial charge in [-0.2, -0.15) is 0 Å². The molecule has 0 aromatic carbocycles. The number of likely N-dealkylation sites (tertiary alicyclic amines) is 1. The summed E-state index contributed by atoms with van der Waals surface area (Å²) in [5.74, 6) is 0.690. The number of hydrogen-bond donors (Lipinski definition) is 1. The molecule has 2 aromatic rings. The minimum Gasteiger partial charge on any atom is -0.354 e. The summed E-state index contributed by atoms with van der Waals surface area (Å²) in [4.78, 5) is 34.6. The molecule has 0 bridgehead atoms. The number of rotatable bonds is 3. The van der Waals surface area contributed by atoms with Gasteiger partial charge in [0.2, 0.25) is 0 Å². The molecule has 1 atom stereocenters. The second-order valence-corrected chi connectivity index (χ2v) is 7.77. The average Bonchev–Trinajstić information content (AvgIpc) is 3.29. The number of aromatic amines is 1. The van der Waals surface area contributed by atoms with Gasteiger partial charge in [0, 0.05) is 48.8 Å². The molecule has 126 valence electrons. The molecule has 0 saturated carbocycles. The number of carbonyl (C=O) groups is 2. The summed E-state index contributed by atoms with van der Waals surface area (Å²) < 4.78 is 0. The molecule has 3 heterocycles. The molecule has 6 heteroatoms. The van der Waals surface area contributed by atoms with E-state index in [-0.39, 0.29) is 11.7 Å². The molecule has 5 nitrogen and oxygen atoms in total. The van der Waals surface area contributed by atoms with Gasteiger partial charge in [0.05, 0.1) is 5.01 Å². The van der Waals surface area contributed by atoms with Crippen LogP contribution < -0.4 is 0 Å². The summed E-state index contributed by atoms with van der Waals surface area (Å²) in [6.07, 6.45) is 6.13. The number of aromatic nitrogens is 2.